The largest absolute Gasteiger partial charge is 0.381 e. The van der Waals surface area contributed by atoms with E-state index in [4.69, 9.17) is 4.74 Å². The van der Waals surface area contributed by atoms with E-state index in [0.29, 0.717) is 24.9 Å². The summed E-state index contributed by atoms with van der Waals surface area (Å²) in [5, 5.41) is 7.13. The van der Waals surface area contributed by atoms with Crippen LogP contribution in [0.2, 0.25) is 0 Å². The summed E-state index contributed by atoms with van der Waals surface area (Å²) in [6, 6.07) is 9.18. The minimum absolute atomic E-state index is 0.0294. The lowest BCUT2D eigenvalue weighted by molar-refractivity contribution is -0.125. The van der Waals surface area contributed by atoms with E-state index in [9.17, 15) is 9.59 Å². The van der Waals surface area contributed by atoms with E-state index in [0.717, 1.165) is 12.1 Å². The van der Waals surface area contributed by atoms with Crippen molar-refractivity contribution < 1.29 is 14.3 Å². The molecule has 0 aliphatic carbocycles. The van der Waals surface area contributed by atoms with Crippen LogP contribution in [0, 0.1) is 0 Å². The number of para-hydroxylation sites is 1. The third-order valence-corrected chi connectivity index (χ3v) is 4.22. The molecule has 2 saturated heterocycles. The van der Waals surface area contributed by atoms with Gasteiger partial charge in [-0.1, -0.05) is 18.2 Å². The second-order valence-electron chi connectivity index (χ2n) is 5.83. The Morgan fingerprint density at radius 3 is 2.75 bits per heavy atom. The molecule has 2 aliphatic heterocycles. The number of carbonyl (C=O) groups is 2. The van der Waals surface area contributed by atoms with Gasteiger partial charge in [-0.05, 0) is 18.6 Å². The van der Waals surface area contributed by atoms with Crippen molar-refractivity contribution >= 4 is 11.9 Å². The Hall–Kier alpha value is -2.74. The van der Waals surface area contributed by atoms with E-state index >= 15 is 0 Å². The zero-order chi connectivity index (χ0) is 16.5. The first-order valence-corrected chi connectivity index (χ1v) is 7.89. The van der Waals surface area contributed by atoms with E-state index in [1.54, 1.807) is 4.68 Å². The molecule has 1 aromatic carbocycles. The fourth-order valence-electron chi connectivity index (χ4n) is 2.91. The molecule has 2 aromatic rings. The van der Waals surface area contributed by atoms with Crippen molar-refractivity contribution in [1.82, 2.24) is 25.0 Å². The van der Waals surface area contributed by atoms with Crippen LogP contribution in [-0.2, 0) is 16.1 Å². The number of rotatable bonds is 4. The predicted octanol–water partition coefficient (Wildman–Crippen LogP) is 0.823. The fraction of sp³-hybridized carbons (Fsp3) is 0.375. The first kappa shape index (κ1) is 14.8. The molecule has 0 unspecified atom stereocenters. The molecule has 1 aromatic heterocycles. The Morgan fingerprint density at radius 1 is 1.25 bits per heavy atom. The van der Waals surface area contributed by atoms with Crippen molar-refractivity contribution in [2.45, 2.75) is 18.9 Å². The SMILES string of the molecule is O=C1CNC(=O)N1Cc1nc([C@@H]2CCOC2)nn1-c1ccccc1. The molecular formula is C16H17N5O3. The highest BCUT2D eigenvalue weighted by Gasteiger charge is 2.31. The number of nitrogens with one attached hydrogen (secondary N) is 1. The number of hydrogen-bond acceptors (Lipinski definition) is 5. The van der Waals surface area contributed by atoms with Gasteiger partial charge >= 0.3 is 6.03 Å². The molecule has 2 aliphatic rings. The van der Waals surface area contributed by atoms with Gasteiger partial charge in [-0.3, -0.25) is 9.69 Å². The van der Waals surface area contributed by atoms with Crippen LogP contribution < -0.4 is 5.32 Å². The summed E-state index contributed by atoms with van der Waals surface area (Å²) in [6.07, 6.45) is 0.876. The van der Waals surface area contributed by atoms with Crippen LogP contribution in [0.25, 0.3) is 5.69 Å². The van der Waals surface area contributed by atoms with Crippen LogP contribution >= 0.6 is 0 Å². The lowest BCUT2D eigenvalue weighted by atomic mass is 10.1. The van der Waals surface area contributed by atoms with Gasteiger partial charge in [-0.2, -0.15) is 5.10 Å². The molecule has 3 amide bonds. The van der Waals surface area contributed by atoms with Gasteiger partial charge in [0.25, 0.3) is 0 Å². The molecule has 124 valence electrons. The van der Waals surface area contributed by atoms with Gasteiger partial charge in [0.05, 0.1) is 25.4 Å². The average molecular weight is 327 g/mol. The van der Waals surface area contributed by atoms with Gasteiger partial charge in [0, 0.05) is 12.5 Å². The topological polar surface area (TPSA) is 89.3 Å². The number of ether oxygens (including phenoxy) is 1. The second kappa shape index (κ2) is 6.04. The van der Waals surface area contributed by atoms with E-state index in [1.165, 1.54) is 4.90 Å². The van der Waals surface area contributed by atoms with Crippen molar-refractivity contribution in [1.29, 1.82) is 0 Å². The molecule has 24 heavy (non-hydrogen) atoms. The third-order valence-electron chi connectivity index (χ3n) is 4.22. The summed E-state index contributed by atoms with van der Waals surface area (Å²) in [5.41, 5.74) is 0.845. The zero-order valence-electron chi connectivity index (χ0n) is 13.0. The Bertz CT molecular complexity index is 751. The number of imide groups is 1. The molecular weight excluding hydrogens is 310 g/mol. The molecule has 2 fully saturated rings. The number of carbonyl (C=O) groups excluding carboxylic acids is 2. The second-order valence-corrected chi connectivity index (χ2v) is 5.83. The molecule has 0 spiro atoms. The molecule has 1 N–H and O–H groups in total. The standard InChI is InChI=1S/C16H17N5O3/c22-14-8-17-16(23)20(14)9-13-18-15(11-6-7-24-10-11)19-21(13)12-4-2-1-3-5-12/h1-5,11H,6-10H2,(H,17,23)/t11-/m1/s1. The van der Waals surface area contributed by atoms with Crippen LogP contribution in [0.15, 0.2) is 30.3 Å². The van der Waals surface area contributed by atoms with E-state index < -0.39 is 6.03 Å². The maximum atomic E-state index is 11.9. The van der Waals surface area contributed by atoms with Crippen LogP contribution in [0.4, 0.5) is 4.79 Å². The Morgan fingerprint density at radius 2 is 2.08 bits per heavy atom. The molecule has 8 nitrogen and oxygen atoms in total. The van der Waals surface area contributed by atoms with Crippen LogP contribution in [0.1, 0.15) is 24.0 Å². The molecule has 8 heteroatoms. The Kier molecular flexibility index (Phi) is 3.73. The minimum Gasteiger partial charge on any atom is -0.381 e. The molecule has 0 saturated carbocycles. The van der Waals surface area contributed by atoms with E-state index in [2.05, 4.69) is 15.4 Å². The van der Waals surface area contributed by atoms with Gasteiger partial charge in [-0.25, -0.2) is 14.5 Å². The number of benzene rings is 1. The highest BCUT2D eigenvalue weighted by molar-refractivity contribution is 6.01. The molecule has 4 rings (SSSR count). The first-order chi connectivity index (χ1) is 11.7. The monoisotopic (exact) mass is 327 g/mol. The minimum atomic E-state index is -0.395. The summed E-state index contributed by atoms with van der Waals surface area (Å²) in [6.45, 7) is 1.43. The predicted molar refractivity (Wildman–Crippen MR) is 83.5 cm³/mol. The zero-order valence-corrected chi connectivity index (χ0v) is 13.0. The lowest BCUT2D eigenvalue weighted by Gasteiger charge is -2.12. The average Bonchev–Trinajstić information content (AvgIpc) is 3.32. The van der Waals surface area contributed by atoms with E-state index in [1.807, 2.05) is 30.3 Å². The highest BCUT2D eigenvalue weighted by atomic mass is 16.5. The maximum absolute atomic E-state index is 11.9. The van der Waals surface area contributed by atoms with Crippen molar-refractivity contribution in [2.24, 2.45) is 0 Å². The number of amides is 3. The molecule has 3 heterocycles. The van der Waals surface area contributed by atoms with Crippen LogP contribution in [0.3, 0.4) is 0 Å². The quantitative estimate of drug-likeness (QED) is 0.840. The van der Waals surface area contributed by atoms with Crippen molar-refractivity contribution in [3.8, 4) is 5.69 Å². The number of hydrogen-bond donors (Lipinski definition) is 1. The smallest absolute Gasteiger partial charge is 0.325 e. The van der Waals surface area contributed by atoms with Crippen LogP contribution in [-0.4, -0.2) is 51.4 Å². The molecule has 0 radical (unpaired) electrons. The summed E-state index contributed by atoms with van der Waals surface area (Å²) in [4.78, 5) is 29.4. The van der Waals surface area contributed by atoms with Crippen molar-refractivity contribution in [3.63, 3.8) is 0 Å². The normalized spacial score (nSPS) is 20.7. The van der Waals surface area contributed by atoms with Crippen molar-refractivity contribution in [3.05, 3.63) is 42.0 Å². The fourth-order valence-corrected chi connectivity index (χ4v) is 2.91. The summed E-state index contributed by atoms with van der Waals surface area (Å²) in [5.74, 6) is 1.15. The van der Waals surface area contributed by atoms with Gasteiger partial charge in [0.1, 0.15) is 0 Å². The highest BCUT2D eigenvalue weighted by Crippen LogP contribution is 2.24. The van der Waals surface area contributed by atoms with Gasteiger partial charge < -0.3 is 10.1 Å². The van der Waals surface area contributed by atoms with Gasteiger partial charge in [-0.15, -0.1) is 0 Å². The first-order valence-electron chi connectivity index (χ1n) is 7.89. The Balaban J connectivity index is 1.70. The lowest BCUT2D eigenvalue weighted by Crippen LogP contribution is -2.31. The third kappa shape index (κ3) is 2.65. The summed E-state index contributed by atoms with van der Waals surface area (Å²) >= 11 is 0. The Labute approximate surface area is 138 Å². The number of nitrogens with zero attached hydrogens (tertiary/aromatic N) is 4. The van der Waals surface area contributed by atoms with E-state index in [-0.39, 0.29) is 24.9 Å². The summed E-state index contributed by atoms with van der Waals surface area (Å²) in [7, 11) is 0. The molecule has 1 atom stereocenters. The number of urea groups is 1. The number of aromatic nitrogens is 3. The van der Waals surface area contributed by atoms with Crippen molar-refractivity contribution in [2.75, 3.05) is 19.8 Å². The van der Waals surface area contributed by atoms with Crippen LogP contribution in [0.5, 0.6) is 0 Å². The maximum Gasteiger partial charge on any atom is 0.325 e. The molecule has 0 bridgehead atoms. The summed E-state index contributed by atoms with van der Waals surface area (Å²) < 4.78 is 7.12. The van der Waals surface area contributed by atoms with Gasteiger partial charge in [0.15, 0.2) is 11.6 Å². The van der Waals surface area contributed by atoms with Gasteiger partial charge in [0.2, 0.25) is 5.91 Å².